The van der Waals surface area contributed by atoms with Gasteiger partial charge in [-0.3, -0.25) is 9.79 Å². The van der Waals surface area contributed by atoms with Crippen molar-refractivity contribution < 1.29 is 14.3 Å². The number of rotatable bonds is 9. The fraction of sp³-hybridized carbons (Fsp3) is 0.294. The first kappa shape index (κ1) is 18.3. The van der Waals surface area contributed by atoms with Crippen LogP contribution >= 0.6 is 15.9 Å². The van der Waals surface area contributed by atoms with Crippen molar-refractivity contribution in [2.24, 2.45) is 4.99 Å². The Hall–Kier alpha value is -1.72. The van der Waals surface area contributed by atoms with Crippen molar-refractivity contribution in [3.05, 3.63) is 58.7 Å². The number of benzene rings is 1. The molecule has 0 aliphatic heterocycles. The number of halogens is 1. The fourth-order valence-electron chi connectivity index (χ4n) is 1.70. The second-order valence-corrected chi connectivity index (χ2v) is 5.17. The van der Waals surface area contributed by atoms with E-state index in [4.69, 9.17) is 9.47 Å². The molecule has 0 amide bonds. The summed E-state index contributed by atoms with van der Waals surface area (Å²) in [6.07, 6.45) is 5.35. The number of hydrogen-bond donors (Lipinski definition) is 0. The summed E-state index contributed by atoms with van der Waals surface area (Å²) in [6.45, 7) is 6.65. The molecule has 118 valence electrons. The molecule has 0 aliphatic rings. The number of aliphatic imine (C=N–C) groups is 1. The van der Waals surface area contributed by atoms with Crippen molar-refractivity contribution in [2.45, 2.75) is 20.0 Å². The van der Waals surface area contributed by atoms with E-state index in [9.17, 15) is 4.79 Å². The predicted octanol–water partition coefficient (Wildman–Crippen LogP) is 3.80. The largest absolute Gasteiger partial charge is 0.466 e. The van der Waals surface area contributed by atoms with Crippen LogP contribution in [0.25, 0.3) is 0 Å². The first-order valence-corrected chi connectivity index (χ1v) is 7.77. The van der Waals surface area contributed by atoms with E-state index in [0.717, 1.165) is 11.1 Å². The molecule has 0 spiro atoms. The molecule has 4 nitrogen and oxygen atoms in total. The van der Waals surface area contributed by atoms with Crippen LogP contribution < -0.4 is 0 Å². The normalized spacial score (nSPS) is 11.6. The quantitative estimate of drug-likeness (QED) is 0.220. The summed E-state index contributed by atoms with van der Waals surface area (Å²) in [5, 5.41) is 0. The third-order valence-corrected chi connectivity index (χ3v) is 3.05. The molecular weight excluding hydrogens is 346 g/mol. The fourth-order valence-corrected chi connectivity index (χ4v) is 2.03. The molecule has 0 atom stereocenters. The monoisotopic (exact) mass is 365 g/mol. The number of carbonyl (C=O) groups is 1. The van der Waals surface area contributed by atoms with Gasteiger partial charge in [-0.2, -0.15) is 0 Å². The molecule has 0 saturated heterocycles. The van der Waals surface area contributed by atoms with Gasteiger partial charge in [0.05, 0.1) is 26.2 Å². The average molecular weight is 366 g/mol. The number of hydrogen-bond acceptors (Lipinski definition) is 4. The summed E-state index contributed by atoms with van der Waals surface area (Å²) in [4.78, 5) is 15.6. The first-order chi connectivity index (χ1) is 10.7. The van der Waals surface area contributed by atoms with Crippen molar-refractivity contribution in [1.29, 1.82) is 0 Å². The molecule has 0 aliphatic carbocycles. The summed E-state index contributed by atoms with van der Waals surface area (Å²) in [7, 11) is 0. The molecular formula is C17H20BrNO3. The molecule has 1 aromatic rings. The van der Waals surface area contributed by atoms with Gasteiger partial charge in [-0.25, -0.2) is 0 Å². The lowest BCUT2D eigenvalue weighted by Crippen LogP contribution is -2.07. The number of allylic oxidation sites excluding steroid dienone is 2. The average Bonchev–Trinajstić information content (AvgIpc) is 2.48. The zero-order valence-corrected chi connectivity index (χ0v) is 14.2. The maximum absolute atomic E-state index is 11.5. The summed E-state index contributed by atoms with van der Waals surface area (Å²) in [6, 6.07) is 7.71. The summed E-state index contributed by atoms with van der Waals surface area (Å²) < 4.78 is 11.1. The van der Waals surface area contributed by atoms with Gasteiger partial charge in [0, 0.05) is 6.21 Å². The Kier molecular flexibility index (Phi) is 9.11. The van der Waals surface area contributed by atoms with E-state index < -0.39 is 0 Å². The lowest BCUT2D eigenvalue weighted by atomic mass is 10.1. The Morgan fingerprint density at radius 3 is 2.91 bits per heavy atom. The molecule has 0 unspecified atom stereocenters. The van der Waals surface area contributed by atoms with Gasteiger partial charge < -0.3 is 9.47 Å². The van der Waals surface area contributed by atoms with Crippen molar-refractivity contribution in [1.82, 2.24) is 0 Å². The summed E-state index contributed by atoms with van der Waals surface area (Å²) >= 11 is 3.27. The van der Waals surface area contributed by atoms with E-state index in [1.54, 1.807) is 25.3 Å². The maximum atomic E-state index is 11.5. The predicted molar refractivity (Wildman–Crippen MR) is 92.1 cm³/mol. The van der Waals surface area contributed by atoms with E-state index in [1.807, 2.05) is 24.3 Å². The van der Waals surface area contributed by atoms with Crippen LogP contribution in [0.1, 0.15) is 18.1 Å². The van der Waals surface area contributed by atoms with Gasteiger partial charge in [0.25, 0.3) is 0 Å². The van der Waals surface area contributed by atoms with Crippen molar-refractivity contribution in [2.75, 3.05) is 13.2 Å². The molecule has 0 heterocycles. The second kappa shape index (κ2) is 10.9. The minimum atomic E-state index is -0.216. The van der Waals surface area contributed by atoms with Crippen LogP contribution in [0.3, 0.4) is 0 Å². The van der Waals surface area contributed by atoms with Crippen LogP contribution in [0.5, 0.6) is 0 Å². The molecule has 1 rings (SSSR count). The molecule has 0 radical (unpaired) electrons. The highest BCUT2D eigenvalue weighted by Crippen LogP contribution is 2.08. The maximum Gasteiger partial charge on any atom is 0.310 e. The van der Waals surface area contributed by atoms with Gasteiger partial charge in [0.2, 0.25) is 0 Å². The minimum absolute atomic E-state index is 0.216. The van der Waals surface area contributed by atoms with E-state index >= 15 is 0 Å². The Balaban J connectivity index is 2.42. The van der Waals surface area contributed by atoms with Crippen molar-refractivity contribution in [3.63, 3.8) is 0 Å². The highest BCUT2D eigenvalue weighted by molar-refractivity contribution is 9.11. The van der Waals surface area contributed by atoms with Crippen LogP contribution in [-0.2, 0) is 27.3 Å². The van der Waals surface area contributed by atoms with E-state index in [-0.39, 0.29) is 12.4 Å². The molecule has 1 aromatic carbocycles. The van der Waals surface area contributed by atoms with Crippen LogP contribution in [0.2, 0.25) is 0 Å². The Morgan fingerprint density at radius 1 is 1.41 bits per heavy atom. The Bertz CT molecular complexity index is 553. The Labute approximate surface area is 139 Å². The summed E-state index contributed by atoms with van der Waals surface area (Å²) in [5.74, 6) is -0.216. The van der Waals surface area contributed by atoms with E-state index in [1.165, 1.54) is 0 Å². The van der Waals surface area contributed by atoms with Crippen molar-refractivity contribution in [3.8, 4) is 0 Å². The highest BCUT2D eigenvalue weighted by atomic mass is 79.9. The van der Waals surface area contributed by atoms with Crippen LogP contribution in [-0.4, -0.2) is 25.4 Å². The molecule has 22 heavy (non-hydrogen) atoms. The molecule has 0 bridgehead atoms. The van der Waals surface area contributed by atoms with Crippen LogP contribution in [0.4, 0.5) is 0 Å². The van der Waals surface area contributed by atoms with Gasteiger partial charge >= 0.3 is 5.97 Å². The van der Waals surface area contributed by atoms with Crippen molar-refractivity contribution >= 4 is 28.1 Å². The smallest absolute Gasteiger partial charge is 0.310 e. The zero-order valence-electron chi connectivity index (χ0n) is 12.6. The third-order valence-electron chi connectivity index (χ3n) is 2.58. The van der Waals surface area contributed by atoms with Crippen LogP contribution in [0, 0.1) is 0 Å². The standard InChI is InChI=1S/C17H20BrNO3/c1-3-6-16(18)19-9-10-21-13-15-8-5-7-14(11-15)12-17(20)22-4-2/h3,5-9,11H,1,4,10,12-13H2,2H3/b16-6-,19-9-. The topological polar surface area (TPSA) is 47.9 Å². The van der Waals surface area contributed by atoms with Crippen LogP contribution in [0.15, 0.2) is 52.6 Å². The van der Waals surface area contributed by atoms with Gasteiger partial charge in [0.15, 0.2) is 0 Å². The number of esters is 1. The SMILES string of the molecule is C=C/C=C(Br)\N=C/COCc1cccc(CC(=O)OCC)c1. The van der Waals surface area contributed by atoms with Gasteiger partial charge in [-0.05, 0) is 40.1 Å². The van der Waals surface area contributed by atoms with Gasteiger partial charge in [-0.1, -0.05) is 36.9 Å². The second-order valence-electron chi connectivity index (χ2n) is 4.35. The van der Waals surface area contributed by atoms with Gasteiger partial charge in [-0.15, -0.1) is 0 Å². The Morgan fingerprint density at radius 2 is 2.18 bits per heavy atom. The molecule has 0 aromatic heterocycles. The molecule has 0 fully saturated rings. The molecule has 0 N–H and O–H groups in total. The lowest BCUT2D eigenvalue weighted by Gasteiger charge is -2.05. The summed E-state index contributed by atoms with van der Waals surface area (Å²) in [5.41, 5.74) is 1.93. The zero-order chi connectivity index (χ0) is 16.2. The minimum Gasteiger partial charge on any atom is -0.466 e. The third kappa shape index (κ3) is 7.90. The number of nitrogens with zero attached hydrogens (tertiary/aromatic N) is 1. The molecule has 5 heteroatoms. The number of carbonyl (C=O) groups excluding carboxylic acids is 1. The highest BCUT2D eigenvalue weighted by Gasteiger charge is 2.04. The van der Waals surface area contributed by atoms with Gasteiger partial charge in [0.1, 0.15) is 4.61 Å². The van der Waals surface area contributed by atoms with E-state index in [0.29, 0.717) is 24.4 Å². The number of ether oxygens (including phenoxy) is 2. The molecule has 0 saturated carbocycles. The lowest BCUT2D eigenvalue weighted by molar-refractivity contribution is -0.142. The van der Waals surface area contributed by atoms with E-state index in [2.05, 4.69) is 27.5 Å². The first-order valence-electron chi connectivity index (χ1n) is 6.97.